The number of halogens is 2. The standard InChI is InChI=1S/C20H17F2NO5/c1-12(20(25)23-16-5-4-14(21)11-15(16)22)28-19(24)7-3-13-2-6-17-18(10-13)27-9-8-26-17/h2-7,10-12H,8-9H2,1H3,(H,23,25)/b7-3+/t12-/m0/s1. The largest absolute Gasteiger partial charge is 0.486 e. The third-order valence-electron chi connectivity index (χ3n) is 3.83. The van der Waals surface area contributed by atoms with Gasteiger partial charge in [-0.1, -0.05) is 6.07 Å². The normalized spacial score (nSPS) is 13.8. The van der Waals surface area contributed by atoms with Crippen LogP contribution in [-0.4, -0.2) is 31.2 Å². The Morgan fingerprint density at radius 1 is 1.11 bits per heavy atom. The highest BCUT2D eigenvalue weighted by Crippen LogP contribution is 2.31. The number of fused-ring (bicyclic) bond motifs is 1. The number of carbonyl (C=O) groups is 2. The predicted octanol–water partition coefficient (Wildman–Crippen LogP) is 3.32. The van der Waals surface area contributed by atoms with Crippen molar-refractivity contribution < 1.29 is 32.6 Å². The molecule has 1 amide bonds. The number of hydrogen-bond acceptors (Lipinski definition) is 5. The summed E-state index contributed by atoms with van der Waals surface area (Å²) in [6.07, 6.45) is 1.49. The highest BCUT2D eigenvalue weighted by atomic mass is 19.1. The van der Waals surface area contributed by atoms with Crippen molar-refractivity contribution in [2.75, 3.05) is 18.5 Å². The van der Waals surface area contributed by atoms with Gasteiger partial charge in [-0.2, -0.15) is 0 Å². The molecule has 0 fully saturated rings. The third kappa shape index (κ3) is 4.85. The molecule has 0 aliphatic carbocycles. The molecule has 8 heteroatoms. The number of nitrogens with one attached hydrogen (secondary N) is 1. The molecule has 1 heterocycles. The van der Waals surface area contributed by atoms with Crippen LogP contribution in [0.4, 0.5) is 14.5 Å². The van der Waals surface area contributed by atoms with E-state index in [4.69, 9.17) is 14.2 Å². The zero-order valence-corrected chi connectivity index (χ0v) is 14.9. The van der Waals surface area contributed by atoms with Crippen molar-refractivity contribution in [1.29, 1.82) is 0 Å². The summed E-state index contributed by atoms with van der Waals surface area (Å²) in [6, 6.07) is 7.91. The lowest BCUT2D eigenvalue weighted by atomic mass is 10.2. The second-order valence-electron chi connectivity index (χ2n) is 5.93. The van der Waals surface area contributed by atoms with E-state index in [1.54, 1.807) is 18.2 Å². The summed E-state index contributed by atoms with van der Waals surface area (Å²) in [5.41, 5.74) is 0.479. The molecule has 1 atom stereocenters. The molecule has 28 heavy (non-hydrogen) atoms. The van der Waals surface area contributed by atoms with Crippen molar-refractivity contribution in [3.8, 4) is 11.5 Å². The van der Waals surface area contributed by atoms with Gasteiger partial charge in [-0.05, 0) is 42.8 Å². The average molecular weight is 389 g/mol. The molecule has 0 unspecified atom stereocenters. The van der Waals surface area contributed by atoms with E-state index in [1.807, 2.05) is 0 Å². The van der Waals surface area contributed by atoms with Crippen LogP contribution in [0, 0.1) is 11.6 Å². The van der Waals surface area contributed by atoms with Crippen LogP contribution in [-0.2, 0) is 14.3 Å². The molecule has 0 saturated heterocycles. The molecule has 146 valence electrons. The first-order valence-corrected chi connectivity index (χ1v) is 8.46. The van der Waals surface area contributed by atoms with Crippen molar-refractivity contribution in [2.45, 2.75) is 13.0 Å². The van der Waals surface area contributed by atoms with Crippen molar-refractivity contribution in [1.82, 2.24) is 0 Å². The molecule has 0 aromatic heterocycles. The first-order valence-electron chi connectivity index (χ1n) is 8.46. The molecule has 1 aliphatic heterocycles. The van der Waals surface area contributed by atoms with Gasteiger partial charge < -0.3 is 19.5 Å². The lowest BCUT2D eigenvalue weighted by Crippen LogP contribution is -2.29. The SMILES string of the molecule is C[C@H](OC(=O)/C=C/c1ccc2c(c1)OCCO2)C(=O)Nc1ccc(F)cc1F. The summed E-state index contributed by atoms with van der Waals surface area (Å²) in [4.78, 5) is 23.9. The molecule has 2 aromatic rings. The van der Waals surface area contributed by atoms with Crippen LogP contribution in [0.3, 0.4) is 0 Å². The summed E-state index contributed by atoms with van der Waals surface area (Å²) in [5, 5.41) is 2.24. The van der Waals surface area contributed by atoms with Gasteiger partial charge in [0, 0.05) is 12.1 Å². The van der Waals surface area contributed by atoms with Crippen molar-refractivity contribution in [3.05, 3.63) is 59.7 Å². The Kier molecular flexibility index (Phi) is 5.88. The molecule has 0 radical (unpaired) electrons. The number of ether oxygens (including phenoxy) is 3. The zero-order chi connectivity index (χ0) is 20.1. The quantitative estimate of drug-likeness (QED) is 0.627. The van der Waals surface area contributed by atoms with Gasteiger partial charge in [0.25, 0.3) is 5.91 Å². The third-order valence-corrected chi connectivity index (χ3v) is 3.83. The molecule has 0 bridgehead atoms. The maximum atomic E-state index is 13.6. The van der Waals surface area contributed by atoms with Crippen LogP contribution in [0.15, 0.2) is 42.5 Å². The monoisotopic (exact) mass is 389 g/mol. The van der Waals surface area contributed by atoms with Crippen LogP contribution in [0.25, 0.3) is 6.08 Å². The van der Waals surface area contributed by atoms with Gasteiger partial charge in [0.2, 0.25) is 0 Å². The van der Waals surface area contributed by atoms with E-state index in [1.165, 1.54) is 13.0 Å². The number of hydrogen-bond donors (Lipinski definition) is 1. The first-order chi connectivity index (χ1) is 13.4. The Morgan fingerprint density at radius 3 is 2.61 bits per heavy atom. The number of rotatable bonds is 5. The number of esters is 1. The van der Waals surface area contributed by atoms with Crippen LogP contribution in [0.1, 0.15) is 12.5 Å². The molecular formula is C20H17F2NO5. The Labute approximate surface area is 159 Å². The van der Waals surface area contributed by atoms with E-state index in [0.29, 0.717) is 36.3 Å². The predicted molar refractivity (Wildman–Crippen MR) is 97.0 cm³/mol. The van der Waals surface area contributed by atoms with Gasteiger partial charge in [0.1, 0.15) is 24.8 Å². The van der Waals surface area contributed by atoms with Crippen molar-refractivity contribution in [3.63, 3.8) is 0 Å². The fourth-order valence-corrected chi connectivity index (χ4v) is 2.42. The highest BCUT2D eigenvalue weighted by molar-refractivity contribution is 5.96. The molecule has 1 N–H and O–H groups in total. The van der Waals surface area contributed by atoms with E-state index in [9.17, 15) is 18.4 Å². The van der Waals surface area contributed by atoms with E-state index >= 15 is 0 Å². The molecule has 3 rings (SSSR count). The lowest BCUT2D eigenvalue weighted by Gasteiger charge is -2.18. The molecule has 2 aromatic carbocycles. The second-order valence-corrected chi connectivity index (χ2v) is 5.93. The topological polar surface area (TPSA) is 73.9 Å². The molecule has 1 aliphatic rings. The van der Waals surface area contributed by atoms with Crippen LogP contribution in [0.5, 0.6) is 11.5 Å². The first kappa shape index (κ1) is 19.3. The smallest absolute Gasteiger partial charge is 0.331 e. The van der Waals surface area contributed by atoms with E-state index < -0.39 is 29.6 Å². The maximum absolute atomic E-state index is 13.6. The minimum Gasteiger partial charge on any atom is -0.486 e. The van der Waals surface area contributed by atoms with E-state index in [-0.39, 0.29) is 5.69 Å². The van der Waals surface area contributed by atoms with E-state index in [2.05, 4.69) is 5.32 Å². The Balaban J connectivity index is 1.56. The van der Waals surface area contributed by atoms with Gasteiger partial charge in [0.15, 0.2) is 17.6 Å². The number of amides is 1. The van der Waals surface area contributed by atoms with Crippen molar-refractivity contribution in [2.24, 2.45) is 0 Å². The molecular weight excluding hydrogens is 372 g/mol. The number of benzene rings is 2. The van der Waals surface area contributed by atoms with Crippen LogP contribution < -0.4 is 14.8 Å². The Hall–Kier alpha value is -3.42. The summed E-state index contributed by atoms with van der Waals surface area (Å²) in [6.45, 7) is 2.27. The number of anilines is 1. The van der Waals surface area contributed by atoms with Crippen LogP contribution in [0.2, 0.25) is 0 Å². The average Bonchev–Trinajstić information content (AvgIpc) is 2.68. The fourth-order valence-electron chi connectivity index (χ4n) is 2.42. The lowest BCUT2D eigenvalue weighted by molar-refractivity contribution is -0.148. The summed E-state index contributed by atoms with van der Waals surface area (Å²) in [5.74, 6) is -1.98. The fraction of sp³-hybridized carbons (Fsp3) is 0.200. The Bertz CT molecular complexity index is 929. The molecule has 6 nitrogen and oxygen atoms in total. The highest BCUT2D eigenvalue weighted by Gasteiger charge is 2.18. The van der Waals surface area contributed by atoms with Gasteiger partial charge >= 0.3 is 5.97 Å². The molecule has 0 spiro atoms. The van der Waals surface area contributed by atoms with Gasteiger partial charge in [0.05, 0.1) is 5.69 Å². The molecule has 0 saturated carbocycles. The summed E-state index contributed by atoms with van der Waals surface area (Å²) >= 11 is 0. The second kappa shape index (κ2) is 8.51. The van der Waals surface area contributed by atoms with Gasteiger partial charge in [-0.3, -0.25) is 4.79 Å². The minimum absolute atomic E-state index is 0.207. The zero-order valence-electron chi connectivity index (χ0n) is 14.9. The minimum atomic E-state index is -1.18. The van der Waals surface area contributed by atoms with Gasteiger partial charge in [-0.25, -0.2) is 13.6 Å². The Morgan fingerprint density at radius 2 is 1.86 bits per heavy atom. The van der Waals surface area contributed by atoms with E-state index in [0.717, 1.165) is 18.2 Å². The summed E-state index contributed by atoms with van der Waals surface area (Å²) < 4.78 is 42.3. The van der Waals surface area contributed by atoms with Gasteiger partial charge in [-0.15, -0.1) is 0 Å². The number of carbonyl (C=O) groups excluding carboxylic acids is 2. The van der Waals surface area contributed by atoms with Crippen LogP contribution >= 0.6 is 0 Å². The maximum Gasteiger partial charge on any atom is 0.331 e. The summed E-state index contributed by atoms with van der Waals surface area (Å²) in [7, 11) is 0. The van der Waals surface area contributed by atoms with Crippen molar-refractivity contribution >= 4 is 23.6 Å².